The molecule has 0 aliphatic carbocycles. The molecule has 2 rings (SSSR count). The summed E-state index contributed by atoms with van der Waals surface area (Å²) in [6.07, 6.45) is 0. The third-order valence-corrected chi connectivity index (χ3v) is 3.52. The van der Waals surface area contributed by atoms with Gasteiger partial charge in [0, 0.05) is 5.02 Å². The van der Waals surface area contributed by atoms with Crippen LogP contribution in [0, 0.1) is 0 Å². The van der Waals surface area contributed by atoms with Gasteiger partial charge in [-0.15, -0.1) is 0 Å². The summed E-state index contributed by atoms with van der Waals surface area (Å²) in [7, 11) is 0. The van der Waals surface area contributed by atoms with E-state index >= 15 is 0 Å². The van der Waals surface area contributed by atoms with E-state index < -0.39 is 6.04 Å². The maximum Gasteiger partial charge on any atom is 0.241 e. The molecular formula is C16H17ClN2O. The van der Waals surface area contributed by atoms with E-state index in [-0.39, 0.29) is 11.9 Å². The molecule has 0 aliphatic rings. The zero-order valence-corrected chi connectivity index (χ0v) is 12.0. The van der Waals surface area contributed by atoms with Crippen molar-refractivity contribution >= 4 is 17.5 Å². The number of carbonyl (C=O) groups excluding carboxylic acids is 1. The number of amides is 1. The van der Waals surface area contributed by atoms with Crippen molar-refractivity contribution in [3.8, 4) is 0 Å². The molecule has 0 saturated carbocycles. The van der Waals surface area contributed by atoms with E-state index in [1.807, 2.05) is 55.5 Å². The van der Waals surface area contributed by atoms with E-state index in [0.29, 0.717) is 5.02 Å². The zero-order valence-electron chi connectivity index (χ0n) is 11.2. The van der Waals surface area contributed by atoms with Crippen LogP contribution in [0.3, 0.4) is 0 Å². The molecule has 0 heterocycles. The van der Waals surface area contributed by atoms with Crippen molar-refractivity contribution in [3.05, 3.63) is 70.7 Å². The molecule has 2 aromatic carbocycles. The van der Waals surface area contributed by atoms with Crippen molar-refractivity contribution in [2.24, 2.45) is 5.73 Å². The number of carbonyl (C=O) groups is 1. The molecule has 0 fully saturated rings. The van der Waals surface area contributed by atoms with Gasteiger partial charge < -0.3 is 11.1 Å². The van der Waals surface area contributed by atoms with Crippen molar-refractivity contribution < 1.29 is 4.79 Å². The van der Waals surface area contributed by atoms with Crippen molar-refractivity contribution in [1.82, 2.24) is 5.32 Å². The fourth-order valence-electron chi connectivity index (χ4n) is 2.02. The number of halogens is 1. The molecular weight excluding hydrogens is 272 g/mol. The largest absolute Gasteiger partial charge is 0.348 e. The predicted molar refractivity (Wildman–Crippen MR) is 81.4 cm³/mol. The summed E-state index contributed by atoms with van der Waals surface area (Å²) < 4.78 is 0. The topological polar surface area (TPSA) is 55.1 Å². The van der Waals surface area contributed by atoms with Crippen LogP contribution in [0.1, 0.15) is 30.1 Å². The lowest BCUT2D eigenvalue weighted by Gasteiger charge is -2.19. The molecule has 0 aromatic heterocycles. The van der Waals surface area contributed by atoms with Crippen LogP contribution in [-0.4, -0.2) is 5.91 Å². The Morgan fingerprint density at radius 1 is 1.10 bits per heavy atom. The first-order chi connectivity index (χ1) is 9.59. The van der Waals surface area contributed by atoms with Crippen LogP contribution in [0.5, 0.6) is 0 Å². The minimum atomic E-state index is -0.680. The second-order valence-electron chi connectivity index (χ2n) is 4.64. The highest BCUT2D eigenvalue weighted by molar-refractivity contribution is 6.31. The quantitative estimate of drug-likeness (QED) is 0.907. The molecule has 3 N–H and O–H groups in total. The Morgan fingerprint density at radius 3 is 2.35 bits per heavy atom. The second-order valence-corrected chi connectivity index (χ2v) is 5.05. The first-order valence-corrected chi connectivity index (χ1v) is 6.82. The Labute approximate surface area is 123 Å². The van der Waals surface area contributed by atoms with Crippen LogP contribution >= 0.6 is 11.6 Å². The van der Waals surface area contributed by atoms with Gasteiger partial charge in [-0.2, -0.15) is 0 Å². The van der Waals surface area contributed by atoms with Crippen LogP contribution in [0.2, 0.25) is 5.02 Å². The first-order valence-electron chi connectivity index (χ1n) is 6.45. The minimum absolute atomic E-state index is 0.189. The Hall–Kier alpha value is -1.84. The highest BCUT2D eigenvalue weighted by Crippen LogP contribution is 2.22. The molecule has 0 saturated heterocycles. The molecule has 0 spiro atoms. The van der Waals surface area contributed by atoms with Gasteiger partial charge in [0.1, 0.15) is 6.04 Å². The number of rotatable bonds is 4. The third-order valence-electron chi connectivity index (χ3n) is 3.17. The van der Waals surface area contributed by atoms with Crippen LogP contribution in [-0.2, 0) is 4.79 Å². The van der Waals surface area contributed by atoms with Crippen molar-refractivity contribution in [2.45, 2.75) is 19.0 Å². The van der Waals surface area contributed by atoms with Gasteiger partial charge in [0.2, 0.25) is 5.91 Å². The van der Waals surface area contributed by atoms with Crippen LogP contribution < -0.4 is 11.1 Å². The molecule has 2 atom stereocenters. The SMILES string of the molecule is CC(NC(=O)[C@@H](N)c1ccccc1)c1ccccc1Cl. The van der Waals surface area contributed by atoms with Crippen molar-refractivity contribution in [1.29, 1.82) is 0 Å². The number of nitrogens with one attached hydrogen (secondary N) is 1. The van der Waals surface area contributed by atoms with Gasteiger partial charge in [-0.1, -0.05) is 60.1 Å². The molecule has 0 radical (unpaired) electrons. The fourth-order valence-corrected chi connectivity index (χ4v) is 2.32. The van der Waals surface area contributed by atoms with E-state index in [4.69, 9.17) is 17.3 Å². The Bertz CT molecular complexity index is 586. The summed E-state index contributed by atoms with van der Waals surface area (Å²) in [4.78, 5) is 12.2. The molecule has 104 valence electrons. The lowest BCUT2D eigenvalue weighted by Crippen LogP contribution is -2.35. The van der Waals surface area contributed by atoms with Gasteiger partial charge in [0.25, 0.3) is 0 Å². The molecule has 1 unspecified atom stereocenters. The number of benzene rings is 2. The Morgan fingerprint density at radius 2 is 1.70 bits per heavy atom. The maximum absolute atomic E-state index is 12.2. The fraction of sp³-hybridized carbons (Fsp3) is 0.188. The summed E-state index contributed by atoms with van der Waals surface area (Å²) in [6.45, 7) is 1.89. The lowest BCUT2D eigenvalue weighted by molar-refractivity contribution is -0.123. The van der Waals surface area contributed by atoms with E-state index in [0.717, 1.165) is 11.1 Å². The van der Waals surface area contributed by atoms with Crippen LogP contribution in [0.15, 0.2) is 54.6 Å². The average molecular weight is 289 g/mol. The van der Waals surface area contributed by atoms with Crippen LogP contribution in [0.4, 0.5) is 0 Å². The number of nitrogens with two attached hydrogens (primary N) is 1. The normalized spacial score (nSPS) is 13.6. The highest BCUT2D eigenvalue weighted by Gasteiger charge is 2.18. The lowest BCUT2D eigenvalue weighted by atomic mass is 10.1. The van der Waals surface area contributed by atoms with Crippen molar-refractivity contribution in [2.75, 3.05) is 0 Å². The Kier molecular flexibility index (Phi) is 4.77. The van der Waals surface area contributed by atoms with Gasteiger partial charge in [-0.25, -0.2) is 0 Å². The molecule has 2 aromatic rings. The molecule has 0 aliphatic heterocycles. The van der Waals surface area contributed by atoms with E-state index in [2.05, 4.69) is 5.32 Å². The van der Waals surface area contributed by atoms with Gasteiger partial charge in [-0.3, -0.25) is 4.79 Å². The van der Waals surface area contributed by atoms with E-state index in [1.165, 1.54) is 0 Å². The molecule has 0 bridgehead atoms. The monoisotopic (exact) mass is 288 g/mol. The summed E-state index contributed by atoms with van der Waals surface area (Å²) in [5.41, 5.74) is 7.62. The van der Waals surface area contributed by atoms with Gasteiger partial charge >= 0.3 is 0 Å². The van der Waals surface area contributed by atoms with Gasteiger partial charge in [0.05, 0.1) is 6.04 Å². The summed E-state index contributed by atoms with van der Waals surface area (Å²) >= 11 is 6.12. The average Bonchev–Trinajstić information content (AvgIpc) is 2.47. The predicted octanol–water partition coefficient (Wildman–Crippen LogP) is 3.22. The summed E-state index contributed by atoms with van der Waals surface area (Å²) in [5, 5.41) is 3.52. The van der Waals surface area contributed by atoms with Crippen molar-refractivity contribution in [3.63, 3.8) is 0 Å². The van der Waals surface area contributed by atoms with Gasteiger partial charge in [-0.05, 0) is 24.1 Å². The van der Waals surface area contributed by atoms with E-state index in [1.54, 1.807) is 6.07 Å². The first kappa shape index (κ1) is 14.6. The van der Waals surface area contributed by atoms with E-state index in [9.17, 15) is 4.79 Å². The zero-order chi connectivity index (χ0) is 14.5. The molecule has 1 amide bonds. The number of hydrogen-bond donors (Lipinski definition) is 2. The highest BCUT2D eigenvalue weighted by atomic mass is 35.5. The standard InChI is InChI=1S/C16H17ClN2O/c1-11(13-9-5-6-10-14(13)17)19-16(20)15(18)12-7-3-2-4-8-12/h2-11,15H,18H2,1H3,(H,19,20)/t11?,15-/m0/s1. The maximum atomic E-state index is 12.2. The number of hydrogen-bond acceptors (Lipinski definition) is 2. The third kappa shape index (κ3) is 3.38. The summed E-state index contributed by atoms with van der Waals surface area (Å²) in [6, 6.07) is 15.9. The van der Waals surface area contributed by atoms with Crippen LogP contribution in [0.25, 0.3) is 0 Å². The Balaban J connectivity index is 2.07. The molecule has 4 heteroatoms. The molecule has 20 heavy (non-hydrogen) atoms. The minimum Gasteiger partial charge on any atom is -0.348 e. The second kappa shape index (κ2) is 6.55. The van der Waals surface area contributed by atoms with Gasteiger partial charge in [0.15, 0.2) is 0 Å². The molecule has 3 nitrogen and oxygen atoms in total. The smallest absolute Gasteiger partial charge is 0.241 e. The summed E-state index contributed by atoms with van der Waals surface area (Å²) in [5.74, 6) is -0.219.